The molecular weight excluding hydrogens is 374 g/mol. The second-order valence-electron chi connectivity index (χ2n) is 10.4. The first-order valence-corrected chi connectivity index (χ1v) is 12.0. The number of hydrogen-bond acceptors (Lipinski definition) is 4. The average molecular weight is 410 g/mol. The second-order valence-corrected chi connectivity index (χ2v) is 10.4. The van der Waals surface area contributed by atoms with Crippen LogP contribution in [0.5, 0.6) is 0 Å². The van der Waals surface area contributed by atoms with Gasteiger partial charge in [0.2, 0.25) is 11.8 Å². The molecule has 5 nitrogen and oxygen atoms in total. The Morgan fingerprint density at radius 2 is 1.67 bits per heavy atom. The second kappa shape index (κ2) is 8.33. The molecule has 162 valence electrons. The van der Waals surface area contributed by atoms with Gasteiger partial charge in [-0.3, -0.25) is 14.9 Å². The first-order valence-electron chi connectivity index (χ1n) is 12.0. The highest BCUT2D eigenvalue weighted by Crippen LogP contribution is 2.55. The van der Waals surface area contributed by atoms with Gasteiger partial charge in [0, 0.05) is 24.2 Å². The lowest BCUT2D eigenvalue weighted by Crippen LogP contribution is -2.58. The van der Waals surface area contributed by atoms with Crippen molar-refractivity contribution in [1.29, 1.82) is 0 Å². The largest absolute Gasteiger partial charge is 0.385 e. The molecule has 3 N–H and O–H groups in total. The number of carbonyl (C=O) groups excluding carboxylic acids is 2. The van der Waals surface area contributed by atoms with Crippen LogP contribution in [0.1, 0.15) is 75.7 Å². The SMILES string of the molecule is O=C1CCC(c2cccc(NCCCCNC34CC5CC(CC(C5)C3)C4)c2)C(=O)N1. The van der Waals surface area contributed by atoms with E-state index in [1.165, 1.54) is 44.9 Å². The normalized spacial score (nSPS) is 34.8. The maximum Gasteiger partial charge on any atom is 0.234 e. The van der Waals surface area contributed by atoms with Crippen molar-refractivity contribution in [3.8, 4) is 0 Å². The van der Waals surface area contributed by atoms with Gasteiger partial charge in [0.25, 0.3) is 0 Å². The van der Waals surface area contributed by atoms with Crippen LogP contribution < -0.4 is 16.0 Å². The predicted molar refractivity (Wildman–Crippen MR) is 118 cm³/mol. The summed E-state index contributed by atoms with van der Waals surface area (Å²) in [7, 11) is 0. The number of carbonyl (C=O) groups is 2. The van der Waals surface area contributed by atoms with Crippen LogP contribution in [0.15, 0.2) is 24.3 Å². The Hall–Kier alpha value is -1.88. The summed E-state index contributed by atoms with van der Waals surface area (Å²) in [6, 6.07) is 8.10. The topological polar surface area (TPSA) is 70.2 Å². The van der Waals surface area contributed by atoms with Gasteiger partial charge < -0.3 is 10.6 Å². The third-order valence-corrected chi connectivity index (χ3v) is 8.00. The fourth-order valence-corrected chi connectivity index (χ4v) is 7.04. The van der Waals surface area contributed by atoms with E-state index in [9.17, 15) is 9.59 Å². The van der Waals surface area contributed by atoms with Crippen molar-refractivity contribution in [2.75, 3.05) is 18.4 Å². The molecule has 1 aliphatic heterocycles. The summed E-state index contributed by atoms with van der Waals surface area (Å²) >= 11 is 0. The number of imide groups is 1. The minimum absolute atomic E-state index is 0.160. The summed E-state index contributed by atoms with van der Waals surface area (Å²) in [5, 5.41) is 9.96. The molecule has 1 aromatic rings. The Bertz CT molecular complexity index is 770. The van der Waals surface area contributed by atoms with E-state index in [2.05, 4.69) is 28.1 Å². The Morgan fingerprint density at radius 3 is 2.37 bits per heavy atom. The Morgan fingerprint density at radius 1 is 0.967 bits per heavy atom. The molecular formula is C25H35N3O2. The quantitative estimate of drug-likeness (QED) is 0.449. The summed E-state index contributed by atoms with van der Waals surface area (Å²) < 4.78 is 0. The van der Waals surface area contributed by atoms with E-state index in [1.807, 2.05) is 12.1 Å². The smallest absolute Gasteiger partial charge is 0.234 e. The first-order chi connectivity index (χ1) is 14.6. The molecule has 5 aliphatic rings. The number of rotatable bonds is 8. The van der Waals surface area contributed by atoms with Crippen LogP contribution in [-0.4, -0.2) is 30.4 Å². The van der Waals surface area contributed by atoms with Crippen LogP contribution in [0.25, 0.3) is 0 Å². The lowest BCUT2D eigenvalue weighted by molar-refractivity contribution is -0.134. The molecule has 0 spiro atoms. The summed E-state index contributed by atoms with van der Waals surface area (Å²) in [6.07, 6.45) is 12.1. The Kier molecular flexibility index (Phi) is 5.57. The predicted octanol–water partition coefficient (Wildman–Crippen LogP) is 3.96. The number of anilines is 1. The highest BCUT2D eigenvalue weighted by molar-refractivity contribution is 6.01. The maximum atomic E-state index is 12.1. The zero-order valence-corrected chi connectivity index (χ0v) is 17.9. The molecule has 6 rings (SSSR count). The van der Waals surface area contributed by atoms with E-state index in [0.29, 0.717) is 18.4 Å². The van der Waals surface area contributed by atoms with Gasteiger partial charge in [-0.2, -0.15) is 0 Å². The Labute approximate surface area is 179 Å². The third-order valence-electron chi connectivity index (χ3n) is 8.00. The van der Waals surface area contributed by atoms with Crippen molar-refractivity contribution >= 4 is 17.5 Å². The number of unbranched alkanes of at least 4 members (excludes halogenated alkanes) is 1. The number of benzene rings is 1. The van der Waals surface area contributed by atoms with E-state index in [4.69, 9.17) is 0 Å². The minimum Gasteiger partial charge on any atom is -0.385 e. The van der Waals surface area contributed by atoms with E-state index in [1.54, 1.807) is 0 Å². The van der Waals surface area contributed by atoms with Crippen molar-refractivity contribution in [2.45, 2.75) is 75.7 Å². The van der Waals surface area contributed by atoms with E-state index in [-0.39, 0.29) is 17.7 Å². The molecule has 30 heavy (non-hydrogen) atoms. The molecule has 0 radical (unpaired) electrons. The lowest BCUT2D eigenvalue weighted by Gasteiger charge is -2.57. The molecule has 2 amide bonds. The molecule has 5 fully saturated rings. The van der Waals surface area contributed by atoms with Gasteiger partial charge in [-0.1, -0.05) is 12.1 Å². The van der Waals surface area contributed by atoms with Gasteiger partial charge in [-0.15, -0.1) is 0 Å². The molecule has 4 aliphatic carbocycles. The molecule has 1 saturated heterocycles. The van der Waals surface area contributed by atoms with Crippen LogP contribution in [-0.2, 0) is 9.59 Å². The monoisotopic (exact) mass is 409 g/mol. The first kappa shape index (κ1) is 20.0. The van der Waals surface area contributed by atoms with Gasteiger partial charge in [0.15, 0.2) is 0 Å². The lowest BCUT2D eigenvalue weighted by atomic mass is 9.53. The maximum absolute atomic E-state index is 12.1. The van der Waals surface area contributed by atoms with Crippen LogP contribution >= 0.6 is 0 Å². The zero-order chi connectivity index (χ0) is 20.6. The van der Waals surface area contributed by atoms with E-state index in [0.717, 1.165) is 48.5 Å². The van der Waals surface area contributed by atoms with Crippen molar-refractivity contribution in [3.05, 3.63) is 29.8 Å². The van der Waals surface area contributed by atoms with Crippen LogP contribution in [0.2, 0.25) is 0 Å². The summed E-state index contributed by atoms with van der Waals surface area (Å²) in [6.45, 7) is 2.07. The van der Waals surface area contributed by atoms with Gasteiger partial charge in [0.1, 0.15) is 0 Å². The zero-order valence-electron chi connectivity index (χ0n) is 17.9. The molecule has 4 bridgehead atoms. The van der Waals surface area contributed by atoms with Crippen LogP contribution in [0.4, 0.5) is 5.69 Å². The molecule has 1 heterocycles. The minimum atomic E-state index is -0.214. The number of amides is 2. The Balaban J connectivity index is 1.05. The van der Waals surface area contributed by atoms with E-state index < -0.39 is 0 Å². The standard InChI is InChI=1S/C25H35N3O2/c29-23-7-6-22(24(30)28-23)20-4-3-5-21(13-20)26-8-1-2-9-27-25-14-17-10-18(15-25)12-19(11-17)16-25/h3-5,13,17-19,22,26-27H,1-2,6-12,14-16H2,(H,28,29,30). The number of piperidine rings is 1. The van der Waals surface area contributed by atoms with Crippen molar-refractivity contribution in [2.24, 2.45) is 17.8 Å². The molecule has 5 heteroatoms. The molecule has 0 aromatic heterocycles. The van der Waals surface area contributed by atoms with E-state index >= 15 is 0 Å². The average Bonchev–Trinajstić information content (AvgIpc) is 2.70. The van der Waals surface area contributed by atoms with Crippen molar-refractivity contribution in [1.82, 2.24) is 10.6 Å². The molecule has 4 saturated carbocycles. The molecule has 1 unspecified atom stereocenters. The fraction of sp³-hybridized carbons (Fsp3) is 0.680. The number of nitrogens with one attached hydrogen (secondary N) is 3. The number of hydrogen-bond donors (Lipinski definition) is 3. The highest BCUT2D eigenvalue weighted by Gasteiger charge is 2.50. The van der Waals surface area contributed by atoms with Gasteiger partial charge in [-0.25, -0.2) is 0 Å². The highest BCUT2D eigenvalue weighted by atomic mass is 16.2. The van der Waals surface area contributed by atoms with Crippen LogP contribution in [0, 0.1) is 17.8 Å². The van der Waals surface area contributed by atoms with Crippen molar-refractivity contribution in [3.63, 3.8) is 0 Å². The van der Waals surface area contributed by atoms with Crippen LogP contribution in [0.3, 0.4) is 0 Å². The third kappa shape index (κ3) is 4.27. The summed E-state index contributed by atoms with van der Waals surface area (Å²) in [5.74, 6) is 2.46. The van der Waals surface area contributed by atoms with Crippen molar-refractivity contribution < 1.29 is 9.59 Å². The molecule has 1 aromatic carbocycles. The van der Waals surface area contributed by atoms with Gasteiger partial charge >= 0.3 is 0 Å². The summed E-state index contributed by atoms with van der Waals surface area (Å²) in [4.78, 5) is 23.5. The summed E-state index contributed by atoms with van der Waals surface area (Å²) in [5.41, 5.74) is 2.53. The molecule has 1 atom stereocenters. The van der Waals surface area contributed by atoms with Gasteiger partial charge in [-0.05, 0) is 99.8 Å². The fourth-order valence-electron chi connectivity index (χ4n) is 7.04. The van der Waals surface area contributed by atoms with Gasteiger partial charge in [0.05, 0.1) is 5.92 Å².